The van der Waals surface area contributed by atoms with Gasteiger partial charge < -0.3 is 20.1 Å². The molecule has 0 aliphatic heterocycles. The van der Waals surface area contributed by atoms with Crippen molar-refractivity contribution in [2.45, 2.75) is 6.54 Å². The largest absolute Gasteiger partial charge is 0.488 e. The number of hydrogen-bond donors (Lipinski definition) is 3. The Balaban J connectivity index is 1.85. The van der Waals surface area contributed by atoms with E-state index in [1.54, 1.807) is 18.2 Å². The molecule has 5 nitrogen and oxygen atoms in total. The van der Waals surface area contributed by atoms with E-state index in [4.69, 9.17) is 4.74 Å². The van der Waals surface area contributed by atoms with Gasteiger partial charge in [-0.25, -0.2) is 4.79 Å². The highest BCUT2D eigenvalue weighted by molar-refractivity contribution is 6.59. The lowest BCUT2D eigenvalue weighted by atomic mass is 9.77. The molecule has 0 aliphatic carbocycles. The van der Waals surface area contributed by atoms with Gasteiger partial charge in [0, 0.05) is 12.2 Å². The van der Waals surface area contributed by atoms with Gasteiger partial charge in [-0.3, -0.25) is 0 Å². The van der Waals surface area contributed by atoms with Crippen molar-refractivity contribution in [3.8, 4) is 0 Å². The number of anilines is 1. The number of esters is 1. The molecule has 3 aromatic carbocycles. The smallest absolute Gasteiger partial charge is 0.465 e. The predicted molar refractivity (Wildman–Crippen MR) is 98.9 cm³/mol. The number of rotatable bonds is 5. The molecule has 0 fully saturated rings. The second-order valence-corrected chi connectivity index (χ2v) is 5.66. The van der Waals surface area contributed by atoms with E-state index in [2.05, 4.69) is 5.32 Å². The van der Waals surface area contributed by atoms with Crippen molar-refractivity contribution in [1.29, 1.82) is 0 Å². The van der Waals surface area contributed by atoms with Gasteiger partial charge in [-0.1, -0.05) is 42.5 Å². The maximum atomic E-state index is 11.8. The van der Waals surface area contributed by atoms with Crippen LogP contribution in [0.1, 0.15) is 15.9 Å². The average Bonchev–Trinajstić information content (AvgIpc) is 2.65. The normalized spacial score (nSPS) is 10.5. The molecule has 0 amide bonds. The molecule has 0 saturated carbocycles. The van der Waals surface area contributed by atoms with Gasteiger partial charge in [-0.05, 0) is 40.0 Å². The molecule has 0 aliphatic rings. The Morgan fingerprint density at radius 2 is 1.88 bits per heavy atom. The first-order valence-corrected chi connectivity index (χ1v) is 7.89. The summed E-state index contributed by atoms with van der Waals surface area (Å²) in [6, 6.07) is 18.3. The number of fused-ring (bicyclic) bond motifs is 1. The molecule has 3 rings (SSSR count). The third-order valence-electron chi connectivity index (χ3n) is 4.10. The summed E-state index contributed by atoms with van der Waals surface area (Å²) >= 11 is 0. The summed E-state index contributed by atoms with van der Waals surface area (Å²) in [5.41, 5.74) is 2.68. The van der Waals surface area contributed by atoms with Crippen LogP contribution in [0.25, 0.3) is 10.8 Å². The van der Waals surface area contributed by atoms with Gasteiger partial charge in [0.2, 0.25) is 0 Å². The third kappa shape index (κ3) is 3.65. The second kappa shape index (κ2) is 7.38. The van der Waals surface area contributed by atoms with E-state index in [0.717, 1.165) is 22.0 Å². The van der Waals surface area contributed by atoms with Crippen LogP contribution in [0.3, 0.4) is 0 Å². The highest BCUT2D eigenvalue weighted by Gasteiger charge is 2.15. The fourth-order valence-electron chi connectivity index (χ4n) is 2.83. The number of carbonyl (C=O) groups excluding carboxylic acids is 1. The van der Waals surface area contributed by atoms with E-state index in [0.29, 0.717) is 17.6 Å². The molecule has 25 heavy (non-hydrogen) atoms. The minimum atomic E-state index is -1.50. The van der Waals surface area contributed by atoms with Crippen LogP contribution < -0.4 is 10.8 Å². The average molecular weight is 335 g/mol. The molecule has 0 saturated heterocycles. The summed E-state index contributed by atoms with van der Waals surface area (Å²) in [5, 5.41) is 23.9. The fourth-order valence-corrected chi connectivity index (χ4v) is 2.83. The van der Waals surface area contributed by atoms with E-state index < -0.39 is 7.12 Å². The van der Waals surface area contributed by atoms with Crippen molar-refractivity contribution in [3.05, 3.63) is 71.8 Å². The van der Waals surface area contributed by atoms with Crippen molar-refractivity contribution in [3.63, 3.8) is 0 Å². The minimum absolute atomic E-state index is 0.364. The minimum Gasteiger partial charge on any atom is -0.465 e. The van der Waals surface area contributed by atoms with E-state index in [9.17, 15) is 14.8 Å². The lowest BCUT2D eigenvalue weighted by molar-refractivity contribution is 0.0603. The van der Waals surface area contributed by atoms with E-state index in [1.807, 2.05) is 42.5 Å². The third-order valence-corrected chi connectivity index (χ3v) is 4.10. The summed E-state index contributed by atoms with van der Waals surface area (Å²) in [6.45, 7) is 0.454. The first kappa shape index (κ1) is 17.0. The van der Waals surface area contributed by atoms with Gasteiger partial charge in [0.05, 0.1) is 12.7 Å². The summed E-state index contributed by atoms with van der Waals surface area (Å²) in [5.74, 6) is -0.364. The van der Waals surface area contributed by atoms with Crippen LogP contribution in [-0.4, -0.2) is 30.2 Å². The lowest BCUT2D eigenvalue weighted by Gasteiger charge is -2.12. The SMILES string of the molecule is COC(=O)c1cccc2cc(NCc3ccccc3B(O)O)ccc12. The van der Waals surface area contributed by atoms with Crippen molar-refractivity contribution in [2.75, 3.05) is 12.4 Å². The Hall–Kier alpha value is -2.83. The molecule has 0 atom stereocenters. The molecule has 0 radical (unpaired) electrons. The number of hydrogen-bond acceptors (Lipinski definition) is 5. The summed E-state index contributed by atoms with van der Waals surface area (Å²) in [4.78, 5) is 11.8. The van der Waals surface area contributed by atoms with Crippen LogP contribution in [0.5, 0.6) is 0 Å². The summed E-state index contributed by atoms with van der Waals surface area (Å²) in [7, 11) is -0.137. The van der Waals surface area contributed by atoms with Gasteiger partial charge in [0.1, 0.15) is 0 Å². The van der Waals surface area contributed by atoms with Crippen LogP contribution in [0.4, 0.5) is 5.69 Å². The van der Waals surface area contributed by atoms with Crippen molar-refractivity contribution in [2.24, 2.45) is 0 Å². The number of ether oxygens (including phenoxy) is 1. The van der Waals surface area contributed by atoms with Gasteiger partial charge in [-0.2, -0.15) is 0 Å². The zero-order valence-electron chi connectivity index (χ0n) is 13.8. The summed E-state index contributed by atoms with van der Waals surface area (Å²) in [6.07, 6.45) is 0. The van der Waals surface area contributed by atoms with Gasteiger partial charge in [0.15, 0.2) is 0 Å². The Morgan fingerprint density at radius 3 is 2.64 bits per heavy atom. The van der Waals surface area contributed by atoms with Gasteiger partial charge in [-0.15, -0.1) is 0 Å². The molecule has 3 aromatic rings. The Kier molecular flexibility index (Phi) is 5.02. The second-order valence-electron chi connectivity index (χ2n) is 5.66. The predicted octanol–water partition coefficient (Wildman–Crippen LogP) is 1.92. The van der Waals surface area contributed by atoms with Crippen molar-refractivity contribution in [1.82, 2.24) is 0 Å². The highest BCUT2D eigenvalue weighted by atomic mass is 16.5. The Morgan fingerprint density at radius 1 is 1.08 bits per heavy atom. The van der Waals surface area contributed by atoms with Crippen LogP contribution >= 0.6 is 0 Å². The molecular weight excluding hydrogens is 317 g/mol. The number of nitrogens with one attached hydrogen (secondary N) is 1. The first-order valence-electron chi connectivity index (χ1n) is 7.89. The zero-order valence-corrected chi connectivity index (χ0v) is 13.8. The number of methoxy groups -OCH3 is 1. The topological polar surface area (TPSA) is 78.8 Å². The standard InChI is InChI=1S/C19H18BNO4/c1-25-19(22)17-7-4-6-13-11-15(9-10-16(13)17)21-12-14-5-2-3-8-18(14)20(23)24/h2-11,21,23-24H,12H2,1H3. The monoisotopic (exact) mass is 335 g/mol. The van der Waals surface area contributed by atoms with Gasteiger partial charge in [0.25, 0.3) is 0 Å². The van der Waals surface area contributed by atoms with Crippen LogP contribution in [0, 0.1) is 0 Å². The molecule has 0 heterocycles. The molecule has 0 aromatic heterocycles. The molecule has 6 heteroatoms. The van der Waals surface area contributed by atoms with E-state index in [-0.39, 0.29) is 5.97 Å². The number of benzene rings is 3. The molecule has 3 N–H and O–H groups in total. The van der Waals surface area contributed by atoms with E-state index in [1.165, 1.54) is 7.11 Å². The lowest BCUT2D eigenvalue weighted by Crippen LogP contribution is -2.33. The van der Waals surface area contributed by atoms with Crippen molar-refractivity contribution < 1.29 is 19.6 Å². The molecule has 0 spiro atoms. The van der Waals surface area contributed by atoms with Crippen LogP contribution in [0.15, 0.2) is 60.7 Å². The zero-order chi connectivity index (χ0) is 17.8. The fraction of sp³-hybridized carbons (Fsp3) is 0.105. The Bertz CT molecular complexity index is 911. The van der Waals surface area contributed by atoms with Crippen LogP contribution in [0.2, 0.25) is 0 Å². The van der Waals surface area contributed by atoms with Crippen molar-refractivity contribution >= 4 is 35.0 Å². The first-order chi connectivity index (χ1) is 12.1. The maximum Gasteiger partial charge on any atom is 0.488 e. The van der Waals surface area contributed by atoms with Gasteiger partial charge >= 0.3 is 13.1 Å². The maximum absolute atomic E-state index is 11.8. The Labute approximate surface area is 146 Å². The molecule has 0 bridgehead atoms. The molecular formula is C19H18BNO4. The van der Waals surface area contributed by atoms with E-state index >= 15 is 0 Å². The highest BCUT2D eigenvalue weighted by Crippen LogP contribution is 2.23. The molecule has 126 valence electrons. The van der Waals surface area contributed by atoms with Crippen LogP contribution in [-0.2, 0) is 11.3 Å². The quantitative estimate of drug-likeness (QED) is 0.490. The molecule has 0 unspecified atom stereocenters. The number of carbonyl (C=O) groups is 1. The summed E-state index contributed by atoms with van der Waals surface area (Å²) < 4.78 is 4.81.